The number of hydrogen-bond acceptors (Lipinski definition) is 2. The molecule has 0 bridgehead atoms. The third-order valence-electron chi connectivity index (χ3n) is 4.76. The lowest BCUT2D eigenvalue weighted by Gasteiger charge is -2.36. The highest BCUT2D eigenvalue weighted by atomic mass is 15.1. The molecule has 0 aromatic heterocycles. The van der Waals surface area contributed by atoms with Crippen molar-refractivity contribution in [2.24, 2.45) is 11.8 Å². The second kappa shape index (κ2) is 6.17. The first-order valence-electron chi connectivity index (χ1n) is 8.30. The van der Waals surface area contributed by atoms with Crippen LogP contribution < -0.4 is 10.2 Å². The van der Waals surface area contributed by atoms with E-state index in [9.17, 15) is 0 Å². The Morgan fingerprint density at radius 3 is 2.45 bits per heavy atom. The quantitative estimate of drug-likeness (QED) is 0.844. The van der Waals surface area contributed by atoms with Crippen LogP contribution in [0.5, 0.6) is 0 Å². The van der Waals surface area contributed by atoms with Gasteiger partial charge < -0.3 is 10.2 Å². The molecule has 0 spiro atoms. The predicted molar refractivity (Wildman–Crippen MR) is 86.5 cm³/mol. The normalized spacial score (nSPS) is 27.6. The van der Waals surface area contributed by atoms with Gasteiger partial charge in [0, 0.05) is 18.8 Å². The third-order valence-corrected chi connectivity index (χ3v) is 4.76. The molecule has 0 amide bonds. The minimum Gasteiger partial charge on any atom is -0.371 e. The second-order valence-electron chi connectivity index (χ2n) is 6.90. The zero-order valence-corrected chi connectivity index (χ0v) is 13.0. The van der Waals surface area contributed by atoms with Crippen LogP contribution in [0.1, 0.15) is 37.8 Å². The molecule has 1 aromatic rings. The van der Waals surface area contributed by atoms with Crippen LogP contribution in [-0.2, 0) is 12.8 Å². The van der Waals surface area contributed by atoms with E-state index in [2.05, 4.69) is 42.3 Å². The molecule has 2 atom stereocenters. The first-order valence-corrected chi connectivity index (χ1v) is 8.30. The summed E-state index contributed by atoms with van der Waals surface area (Å²) in [6.45, 7) is 9.41. The molecular formula is C18H28N2. The summed E-state index contributed by atoms with van der Waals surface area (Å²) >= 11 is 0. The lowest BCUT2D eigenvalue weighted by Crippen LogP contribution is -2.43. The highest BCUT2D eigenvalue weighted by molar-refractivity contribution is 5.58. The van der Waals surface area contributed by atoms with Gasteiger partial charge in [-0.25, -0.2) is 0 Å². The highest BCUT2D eigenvalue weighted by Crippen LogP contribution is 2.31. The van der Waals surface area contributed by atoms with Crippen LogP contribution in [0.3, 0.4) is 0 Å². The van der Waals surface area contributed by atoms with E-state index in [0.717, 1.165) is 24.9 Å². The van der Waals surface area contributed by atoms with Gasteiger partial charge in [-0.2, -0.15) is 0 Å². The molecule has 2 nitrogen and oxygen atoms in total. The van der Waals surface area contributed by atoms with Gasteiger partial charge in [-0.1, -0.05) is 26.0 Å². The van der Waals surface area contributed by atoms with Crippen LogP contribution in [-0.4, -0.2) is 26.2 Å². The smallest absolute Gasteiger partial charge is 0.0401 e. The SMILES string of the molecule is CC1CNCC(C)CN(c2cccc3c2CCCC3)C1. The van der Waals surface area contributed by atoms with Crippen molar-refractivity contribution in [2.45, 2.75) is 39.5 Å². The monoisotopic (exact) mass is 272 g/mol. The van der Waals surface area contributed by atoms with Gasteiger partial charge >= 0.3 is 0 Å². The molecular weight excluding hydrogens is 244 g/mol. The van der Waals surface area contributed by atoms with Crippen molar-refractivity contribution in [1.82, 2.24) is 5.32 Å². The average molecular weight is 272 g/mol. The van der Waals surface area contributed by atoms with Gasteiger partial charge in [0.2, 0.25) is 0 Å². The number of benzene rings is 1. The van der Waals surface area contributed by atoms with E-state index in [0.29, 0.717) is 0 Å². The van der Waals surface area contributed by atoms with E-state index < -0.39 is 0 Å². The molecule has 3 rings (SSSR count). The summed E-state index contributed by atoms with van der Waals surface area (Å²) in [5.41, 5.74) is 4.78. The predicted octanol–water partition coefficient (Wildman–Crippen LogP) is 3.25. The number of nitrogens with one attached hydrogen (secondary N) is 1. The minimum absolute atomic E-state index is 0.724. The van der Waals surface area contributed by atoms with Crippen molar-refractivity contribution in [3.05, 3.63) is 29.3 Å². The van der Waals surface area contributed by atoms with Gasteiger partial charge in [0.25, 0.3) is 0 Å². The first kappa shape index (κ1) is 13.9. The number of nitrogens with zero attached hydrogens (tertiary/aromatic N) is 1. The van der Waals surface area contributed by atoms with Crippen molar-refractivity contribution >= 4 is 5.69 Å². The molecule has 20 heavy (non-hydrogen) atoms. The lowest BCUT2D eigenvalue weighted by molar-refractivity contribution is 0.409. The third kappa shape index (κ3) is 3.01. The molecule has 0 radical (unpaired) electrons. The Bertz CT molecular complexity index is 443. The summed E-state index contributed by atoms with van der Waals surface area (Å²) in [5, 5.41) is 3.59. The number of aryl methyl sites for hydroxylation is 1. The molecule has 1 fully saturated rings. The van der Waals surface area contributed by atoms with Gasteiger partial charge in [-0.15, -0.1) is 0 Å². The van der Waals surface area contributed by atoms with E-state index in [-0.39, 0.29) is 0 Å². The Kier molecular flexibility index (Phi) is 4.30. The van der Waals surface area contributed by atoms with E-state index in [1.54, 1.807) is 11.1 Å². The van der Waals surface area contributed by atoms with Crippen molar-refractivity contribution in [1.29, 1.82) is 0 Å². The fraction of sp³-hybridized carbons (Fsp3) is 0.667. The van der Waals surface area contributed by atoms with E-state index in [4.69, 9.17) is 0 Å². The number of anilines is 1. The summed E-state index contributed by atoms with van der Waals surface area (Å²) in [4.78, 5) is 2.67. The highest BCUT2D eigenvalue weighted by Gasteiger charge is 2.21. The van der Waals surface area contributed by atoms with Crippen LogP contribution in [0.2, 0.25) is 0 Å². The van der Waals surface area contributed by atoms with E-state index in [1.165, 1.54) is 44.5 Å². The van der Waals surface area contributed by atoms with Crippen molar-refractivity contribution in [3.8, 4) is 0 Å². The first-order chi connectivity index (χ1) is 9.74. The summed E-state index contributed by atoms with van der Waals surface area (Å²) in [6, 6.07) is 6.97. The van der Waals surface area contributed by atoms with Crippen LogP contribution in [0.4, 0.5) is 5.69 Å². The summed E-state index contributed by atoms with van der Waals surface area (Å²) in [7, 11) is 0. The topological polar surface area (TPSA) is 15.3 Å². The maximum atomic E-state index is 3.59. The lowest BCUT2D eigenvalue weighted by atomic mass is 9.89. The molecule has 1 N–H and O–H groups in total. The zero-order chi connectivity index (χ0) is 13.9. The Morgan fingerprint density at radius 1 is 1.00 bits per heavy atom. The number of hydrogen-bond donors (Lipinski definition) is 1. The molecule has 0 saturated carbocycles. The van der Waals surface area contributed by atoms with Gasteiger partial charge in [-0.3, -0.25) is 0 Å². The molecule has 1 aromatic carbocycles. The summed E-state index contributed by atoms with van der Waals surface area (Å²) in [5.74, 6) is 1.45. The van der Waals surface area contributed by atoms with Crippen molar-refractivity contribution in [3.63, 3.8) is 0 Å². The standard InChI is InChI=1S/C18H28N2/c1-14-10-19-11-15(2)13-20(12-14)18-9-5-7-16-6-3-4-8-17(16)18/h5,7,9,14-15,19H,3-4,6,8,10-13H2,1-2H3. The van der Waals surface area contributed by atoms with Crippen LogP contribution in [0, 0.1) is 11.8 Å². The minimum atomic E-state index is 0.724. The second-order valence-corrected chi connectivity index (χ2v) is 6.90. The largest absolute Gasteiger partial charge is 0.371 e. The van der Waals surface area contributed by atoms with Gasteiger partial charge in [-0.05, 0) is 67.8 Å². The molecule has 2 unspecified atom stereocenters. The zero-order valence-electron chi connectivity index (χ0n) is 13.0. The Hall–Kier alpha value is -1.02. The molecule has 2 heteroatoms. The molecule has 1 aliphatic carbocycles. The number of fused-ring (bicyclic) bond motifs is 1. The Labute approximate surface area is 123 Å². The summed E-state index contributed by atoms with van der Waals surface area (Å²) < 4.78 is 0. The molecule has 1 aliphatic heterocycles. The van der Waals surface area contributed by atoms with E-state index >= 15 is 0 Å². The van der Waals surface area contributed by atoms with E-state index in [1.807, 2.05) is 0 Å². The molecule has 2 aliphatic rings. The van der Waals surface area contributed by atoms with Gasteiger partial charge in [0.15, 0.2) is 0 Å². The maximum absolute atomic E-state index is 3.59. The fourth-order valence-corrected chi connectivity index (χ4v) is 3.79. The Balaban J connectivity index is 1.89. The number of rotatable bonds is 1. The molecule has 1 saturated heterocycles. The fourth-order valence-electron chi connectivity index (χ4n) is 3.79. The molecule has 110 valence electrons. The maximum Gasteiger partial charge on any atom is 0.0401 e. The Morgan fingerprint density at radius 2 is 1.70 bits per heavy atom. The van der Waals surface area contributed by atoms with Crippen molar-refractivity contribution < 1.29 is 0 Å². The summed E-state index contributed by atoms with van der Waals surface area (Å²) in [6.07, 6.45) is 5.30. The van der Waals surface area contributed by atoms with Crippen molar-refractivity contribution in [2.75, 3.05) is 31.1 Å². The van der Waals surface area contributed by atoms with Crippen LogP contribution in [0.15, 0.2) is 18.2 Å². The molecule has 1 heterocycles. The van der Waals surface area contributed by atoms with Gasteiger partial charge in [0.05, 0.1) is 0 Å². The average Bonchev–Trinajstić information content (AvgIpc) is 2.44. The van der Waals surface area contributed by atoms with Gasteiger partial charge in [0.1, 0.15) is 0 Å². The van der Waals surface area contributed by atoms with Crippen LogP contribution in [0.25, 0.3) is 0 Å². The van der Waals surface area contributed by atoms with Crippen LogP contribution >= 0.6 is 0 Å².